The summed E-state index contributed by atoms with van der Waals surface area (Å²) in [5, 5.41) is 3.76. The molecule has 1 heterocycles. The van der Waals surface area contributed by atoms with Gasteiger partial charge in [-0.25, -0.2) is 8.42 Å². The van der Waals surface area contributed by atoms with Crippen molar-refractivity contribution in [3.8, 4) is 5.75 Å². The van der Waals surface area contributed by atoms with Crippen LogP contribution in [0.4, 0.5) is 5.69 Å². The van der Waals surface area contributed by atoms with E-state index in [1.165, 1.54) is 7.11 Å². The molecule has 0 aliphatic heterocycles. The summed E-state index contributed by atoms with van der Waals surface area (Å²) in [6.07, 6.45) is 0.324. The molecule has 0 saturated carbocycles. The number of aryl methyl sites for hydroxylation is 2. The molecule has 0 unspecified atom stereocenters. The Bertz CT molecular complexity index is 1030. The average Bonchev–Trinajstić information content (AvgIpc) is 3.01. The number of anilines is 1. The van der Waals surface area contributed by atoms with Crippen LogP contribution in [-0.2, 0) is 16.4 Å². The summed E-state index contributed by atoms with van der Waals surface area (Å²) in [5.41, 5.74) is 2.00. The van der Waals surface area contributed by atoms with Crippen molar-refractivity contribution in [2.45, 2.75) is 25.2 Å². The van der Waals surface area contributed by atoms with Crippen LogP contribution in [0.2, 0.25) is 0 Å². The van der Waals surface area contributed by atoms with Gasteiger partial charge < -0.3 is 9.26 Å². The Morgan fingerprint density at radius 2 is 1.92 bits per heavy atom. The molecular weight excluding hydrogens is 354 g/mol. The molecule has 0 fully saturated rings. The molecule has 0 atom stereocenters. The molecule has 0 radical (unpaired) electrons. The van der Waals surface area contributed by atoms with E-state index >= 15 is 0 Å². The van der Waals surface area contributed by atoms with E-state index in [0.717, 1.165) is 11.1 Å². The fourth-order valence-electron chi connectivity index (χ4n) is 2.54. The fourth-order valence-corrected chi connectivity index (χ4v) is 3.90. The fraction of sp³-hybridized carbons (Fsp3) is 0.222. The Morgan fingerprint density at radius 1 is 1.15 bits per heavy atom. The Kier molecular flexibility index (Phi) is 4.94. The normalized spacial score (nSPS) is 11.3. The lowest BCUT2D eigenvalue weighted by Crippen LogP contribution is -2.15. The maximum Gasteiger partial charge on any atom is 0.265 e. The number of nitrogens with one attached hydrogen (secondary N) is 1. The summed E-state index contributed by atoms with van der Waals surface area (Å²) in [6.45, 7) is 3.55. The highest BCUT2D eigenvalue weighted by molar-refractivity contribution is 7.92. The molecule has 2 aromatic carbocycles. The van der Waals surface area contributed by atoms with E-state index in [9.17, 15) is 8.42 Å². The van der Waals surface area contributed by atoms with E-state index in [1.54, 1.807) is 37.3 Å². The number of nitrogens with zero attached hydrogens (tertiary/aromatic N) is 2. The largest absolute Gasteiger partial charge is 0.495 e. The number of benzene rings is 2. The van der Waals surface area contributed by atoms with E-state index in [1.807, 2.05) is 19.1 Å². The van der Waals surface area contributed by atoms with Crippen LogP contribution in [0.5, 0.6) is 5.75 Å². The van der Waals surface area contributed by atoms with Gasteiger partial charge in [0.25, 0.3) is 10.0 Å². The molecule has 0 spiro atoms. The zero-order valence-corrected chi connectivity index (χ0v) is 15.5. The average molecular weight is 373 g/mol. The Labute approximate surface area is 152 Å². The number of hydrogen-bond donors (Lipinski definition) is 1. The van der Waals surface area contributed by atoms with Crippen LogP contribution in [0.15, 0.2) is 51.9 Å². The third-order valence-electron chi connectivity index (χ3n) is 3.78. The molecular formula is C18H19N3O4S. The lowest BCUT2D eigenvalue weighted by molar-refractivity contribution is 0.381. The monoisotopic (exact) mass is 373 g/mol. The van der Waals surface area contributed by atoms with Crippen molar-refractivity contribution in [1.82, 2.24) is 10.1 Å². The highest BCUT2D eigenvalue weighted by Gasteiger charge is 2.21. The van der Waals surface area contributed by atoms with Crippen LogP contribution in [-0.4, -0.2) is 25.7 Å². The molecule has 3 aromatic rings. The van der Waals surface area contributed by atoms with Gasteiger partial charge in [-0.2, -0.15) is 4.98 Å². The Morgan fingerprint density at radius 3 is 2.62 bits per heavy atom. The minimum atomic E-state index is -3.83. The van der Waals surface area contributed by atoms with Gasteiger partial charge in [0.1, 0.15) is 10.6 Å². The second kappa shape index (κ2) is 7.17. The molecule has 7 nitrogen and oxygen atoms in total. The number of sulfonamides is 1. The third-order valence-corrected chi connectivity index (χ3v) is 5.17. The van der Waals surface area contributed by atoms with E-state index < -0.39 is 10.0 Å². The maximum atomic E-state index is 12.9. The van der Waals surface area contributed by atoms with Gasteiger partial charge in [-0.3, -0.25) is 4.72 Å². The van der Waals surface area contributed by atoms with Gasteiger partial charge >= 0.3 is 0 Å². The van der Waals surface area contributed by atoms with Crippen molar-refractivity contribution < 1.29 is 17.7 Å². The zero-order valence-electron chi connectivity index (χ0n) is 14.7. The van der Waals surface area contributed by atoms with Gasteiger partial charge in [-0.05, 0) is 43.2 Å². The van der Waals surface area contributed by atoms with Crippen LogP contribution < -0.4 is 9.46 Å². The predicted octanol–water partition coefficient (Wildman–Crippen LogP) is 3.09. The van der Waals surface area contributed by atoms with Crippen LogP contribution in [0.25, 0.3) is 0 Å². The van der Waals surface area contributed by atoms with Crippen molar-refractivity contribution in [3.63, 3.8) is 0 Å². The molecule has 136 valence electrons. The highest BCUT2D eigenvalue weighted by Crippen LogP contribution is 2.28. The van der Waals surface area contributed by atoms with Crippen LogP contribution in [0, 0.1) is 13.8 Å². The molecule has 0 aliphatic carbocycles. The van der Waals surface area contributed by atoms with Crippen LogP contribution in [0.1, 0.15) is 22.8 Å². The summed E-state index contributed by atoms with van der Waals surface area (Å²) in [5.74, 6) is 1.23. The molecule has 1 aromatic heterocycles. The number of hydrogen-bond acceptors (Lipinski definition) is 6. The number of para-hydroxylation sites is 1. The molecule has 0 aliphatic rings. The maximum absolute atomic E-state index is 12.9. The van der Waals surface area contributed by atoms with Crippen molar-refractivity contribution >= 4 is 15.7 Å². The Balaban J connectivity index is 1.95. The predicted molar refractivity (Wildman–Crippen MR) is 96.8 cm³/mol. The Hall–Kier alpha value is -2.87. The van der Waals surface area contributed by atoms with E-state index in [4.69, 9.17) is 9.26 Å². The standard InChI is InChI=1S/C18H19N3O4S/c1-12-8-9-16(24-3)17(10-12)26(22,23)21-15-7-5-4-6-14(15)11-18-19-13(2)20-25-18/h4-10,21H,11H2,1-3H3. The van der Waals surface area contributed by atoms with E-state index in [-0.39, 0.29) is 10.6 Å². The lowest BCUT2D eigenvalue weighted by Gasteiger charge is -2.14. The van der Waals surface area contributed by atoms with E-state index in [0.29, 0.717) is 23.8 Å². The first-order chi connectivity index (χ1) is 12.4. The first kappa shape index (κ1) is 17.9. The first-order valence-electron chi connectivity index (χ1n) is 7.93. The van der Waals surface area contributed by atoms with Gasteiger partial charge in [0.15, 0.2) is 5.82 Å². The summed E-state index contributed by atoms with van der Waals surface area (Å²) in [4.78, 5) is 4.25. The molecule has 26 heavy (non-hydrogen) atoms. The van der Waals surface area contributed by atoms with Gasteiger partial charge in [-0.15, -0.1) is 0 Å². The van der Waals surface area contributed by atoms with E-state index in [2.05, 4.69) is 14.9 Å². The van der Waals surface area contributed by atoms with Crippen molar-refractivity contribution in [2.24, 2.45) is 0 Å². The summed E-state index contributed by atoms with van der Waals surface area (Å²) in [7, 11) is -2.39. The topological polar surface area (TPSA) is 94.3 Å². The van der Waals surface area contributed by atoms with Crippen molar-refractivity contribution in [2.75, 3.05) is 11.8 Å². The lowest BCUT2D eigenvalue weighted by atomic mass is 10.1. The number of ether oxygens (including phenoxy) is 1. The van der Waals surface area contributed by atoms with Crippen LogP contribution >= 0.6 is 0 Å². The number of rotatable bonds is 6. The summed E-state index contributed by atoms with van der Waals surface area (Å²) < 4.78 is 38.8. The molecule has 8 heteroatoms. The van der Waals surface area contributed by atoms with Gasteiger partial charge in [-0.1, -0.05) is 29.4 Å². The second-order valence-corrected chi connectivity index (χ2v) is 7.48. The molecule has 0 amide bonds. The molecule has 3 rings (SSSR count). The van der Waals surface area contributed by atoms with Crippen molar-refractivity contribution in [3.05, 3.63) is 65.3 Å². The third kappa shape index (κ3) is 3.85. The minimum Gasteiger partial charge on any atom is -0.495 e. The summed E-state index contributed by atoms with van der Waals surface area (Å²) in [6, 6.07) is 12.1. The number of aromatic nitrogens is 2. The van der Waals surface area contributed by atoms with Crippen molar-refractivity contribution in [1.29, 1.82) is 0 Å². The quantitative estimate of drug-likeness (QED) is 0.713. The smallest absolute Gasteiger partial charge is 0.265 e. The molecule has 1 N–H and O–H groups in total. The number of methoxy groups -OCH3 is 1. The van der Waals surface area contributed by atoms with Gasteiger partial charge in [0.2, 0.25) is 5.89 Å². The highest BCUT2D eigenvalue weighted by atomic mass is 32.2. The van der Waals surface area contributed by atoms with Gasteiger partial charge in [0, 0.05) is 0 Å². The first-order valence-corrected chi connectivity index (χ1v) is 9.42. The zero-order chi connectivity index (χ0) is 18.7. The van der Waals surface area contributed by atoms with Crippen LogP contribution in [0.3, 0.4) is 0 Å². The second-order valence-electron chi connectivity index (χ2n) is 5.83. The molecule has 0 saturated heterocycles. The SMILES string of the molecule is COc1ccc(C)cc1S(=O)(=O)Nc1ccccc1Cc1nc(C)no1. The minimum absolute atomic E-state index is 0.0865. The van der Waals surface area contributed by atoms with Gasteiger partial charge in [0.05, 0.1) is 19.2 Å². The summed E-state index contributed by atoms with van der Waals surface area (Å²) >= 11 is 0. The molecule has 0 bridgehead atoms.